The molecule has 6 heteroatoms. The van der Waals surface area contributed by atoms with E-state index in [0.29, 0.717) is 6.54 Å². The Morgan fingerprint density at radius 3 is 2.76 bits per heavy atom. The van der Waals surface area contributed by atoms with Gasteiger partial charge in [0.05, 0.1) is 27.4 Å². The number of nitrogens with one attached hydrogen (secondary N) is 1. The van der Waals surface area contributed by atoms with Gasteiger partial charge in [0.15, 0.2) is 0 Å². The minimum Gasteiger partial charge on any atom is -0.377 e. The van der Waals surface area contributed by atoms with Crippen molar-refractivity contribution in [1.82, 2.24) is 4.98 Å². The van der Waals surface area contributed by atoms with Crippen LogP contribution in [0.25, 0.3) is 0 Å². The zero-order valence-electron chi connectivity index (χ0n) is 8.93. The standard InChI is InChI=1S/C11H9BrF2N2S/c1-6-16-7(5-17-6)4-15-11-3-9(13)8(12)2-10(11)14/h2-3,5,15H,4H2,1H3. The first-order valence-corrected chi connectivity index (χ1v) is 6.53. The van der Waals surface area contributed by atoms with Crippen LogP contribution in [0.5, 0.6) is 0 Å². The lowest BCUT2D eigenvalue weighted by atomic mass is 10.3. The fourth-order valence-electron chi connectivity index (χ4n) is 1.33. The summed E-state index contributed by atoms with van der Waals surface area (Å²) in [6, 6.07) is 2.22. The average molecular weight is 319 g/mol. The second-order valence-corrected chi connectivity index (χ2v) is 5.37. The third-order valence-corrected chi connectivity index (χ3v) is 3.57. The number of thiazole rings is 1. The van der Waals surface area contributed by atoms with E-state index in [1.165, 1.54) is 11.3 Å². The maximum atomic E-state index is 13.5. The second-order valence-electron chi connectivity index (χ2n) is 3.46. The number of halogens is 3. The molecule has 0 aliphatic heterocycles. The normalized spacial score (nSPS) is 10.6. The zero-order chi connectivity index (χ0) is 12.4. The summed E-state index contributed by atoms with van der Waals surface area (Å²) < 4.78 is 26.8. The molecule has 0 fully saturated rings. The Morgan fingerprint density at radius 2 is 2.12 bits per heavy atom. The summed E-state index contributed by atoms with van der Waals surface area (Å²) in [5.74, 6) is -0.992. The predicted octanol–water partition coefficient (Wildman–Crippen LogP) is 4.10. The molecule has 0 saturated carbocycles. The minimum atomic E-state index is -0.497. The number of nitrogens with zero attached hydrogens (tertiary/aromatic N) is 1. The molecule has 2 rings (SSSR count). The number of benzene rings is 1. The Balaban J connectivity index is 2.11. The highest BCUT2D eigenvalue weighted by molar-refractivity contribution is 9.10. The van der Waals surface area contributed by atoms with Crippen molar-refractivity contribution >= 4 is 33.0 Å². The second kappa shape index (κ2) is 5.10. The molecule has 90 valence electrons. The van der Waals surface area contributed by atoms with Gasteiger partial charge in [-0.05, 0) is 28.9 Å². The van der Waals surface area contributed by atoms with Gasteiger partial charge < -0.3 is 5.32 Å². The SMILES string of the molecule is Cc1nc(CNc2cc(F)c(Br)cc2F)cs1. The topological polar surface area (TPSA) is 24.9 Å². The summed E-state index contributed by atoms with van der Waals surface area (Å²) in [5, 5.41) is 5.65. The van der Waals surface area contributed by atoms with Crippen molar-refractivity contribution in [2.45, 2.75) is 13.5 Å². The van der Waals surface area contributed by atoms with Crippen LogP contribution in [0.3, 0.4) is 0 Å². The van der Waals surface area contributed by atoms with Gasteiger partial charge in [0.25, 0.3) is 0 Å². The van der Waals surface area contributed by atoms with E-state index < -0.39 is 11.6 Å². The largest absolute Gasteiger partial charge is 0.377 e. The van der Waals surface area contributed by atoms with Crippen molar-refractivity contribution in [3.63, 3.8) is 0 Å². The summed E-state index contributed by atoms with van der Waals surface area (Å²) >= 11 is 4.45. The van der Waals surface area contributed by atoms with E-state index in [-0.39, 0.29) is 10.2 Å². The number of rotatable bonds is 3. The van der Waals surface area contributed by atoms with Gasteiger partial charge in [-0.1, -0.05) is 0 Å². The quantitative estimate of drug-likeness (QED) is 0.862. The Morgan fingerprint density at radius 1 is 1.35 bits per heavy atom. The Labute approximate surface area is 110 Å². The van der Waals surface area contributed by atoms with Crippen molar-refractivity contribution in [3.8, 4) is 0 Å². The third kappa shape index (κ3) is 3.01. The van der Waals surface area contributed by atoms with Crippen LogP contribution in [0, 0.1) is 18.6 Å². The lowest BCUT2D eigenvalue weighted by molar-refractivity contribution is 0.596. The molecule has 17 heavy (non-hydrogen) atoms. The fraction of sp³-hybridized carbons (Fsp3) is 0.182. The molecule has 1 aromatic carbocycles. The monoisotopic (exact) mass is 318 g/mol. The zero-order valence-corrected chi connectivity index (χ0v) is 11.3. The van der Waals surface area contributed by atoms with Crippen LogP contribution in [-0.2, 0) is 6.54 Å². The summed E-state index contributed by atoms with van der Waals surface area (Å²) in [6.07, 6.45) is 0. The number of hydrogen-bond donors (Lipinski definition) is 1. The van der Waals surface area contributed by atoms with Gasteiger partial charge in [-0.25, -0.2) is 13.8 Å². The molecule has 1 heterocycles. The van der Waals surface area contributed by atoms with Gasteiger partial charge in [-0.15, -0.1) is 11.3 Å². The summed E-state index contributed by atoms with van der Waals surface area (Å²) in [6.45, 7) is 2.27. The maximum Gasteiger partial charge on any atom is 0.147 e. The number of anilines is 1. The molecular formula is C11H9BrF2N2S. The summed E-state index contributed by atoms with van der Waals surface area (Å²) in [7, 11) is 0. The van der Waals surface area contributed by atoms with Crippen LogP contribution >= 0.6 is 27.3 Å². The van der Waals surface area contributed by atoms with Crippen LogP contribution in [0.1, 0.15) is 10.7 Å². The molecular weight excluding hydrogens is 310 g/mol. The molecule has 2 nitrogen and oxygen atoms in total. The molecule has 0 bridgehead atoms. The van der Waals surface area contributed by atoms with E-state index in [4.69, 9.17) is 0 Å². The van der Waals surface area contributed by atoms with Crippen molar-refractivity contribution in [2.24, 2.45) is 0 Å². The first kappa shape index (κ1) is 12.4. The summed E-state index contributed by atoms with van der Waals surface area (Å²) in [4.78, 5) is 4.23. The molecule has 0 saturated heterocycles. The van der Waals surface area contributed by atoms with E-state index >= 15 is 0 Å². The van der Waals surface area contributed by atoms with Crippen LogP contribution in [0.4, 0.5) is 14.5 Å². The van der Waals surface area contributed by atoms with Gasteiger partial charge in [-0.2, -0.15) is 0 Å². The van der Waals surface area contributed by atoms with E-state index in [1.807, 2.05) is 12.3 Å². The average Bonchev–Trinajstić information content (AvgIpc) is 2.68. The molecule has 0 unspecified atom stereocenters. The predicted molar refractivity (Wildman–Crippen MR) is 68.2 cm³/mol. The van der Waals surface area contributed by atoms with Crippen LogP contribution < -0.4 is 5.32 Å². The molecule has 0 aliphatic rings. The minimum absolute atomic E-state index is 0.116. The van der Waals surface area contributed by atoms with Crippen LogP contribution in [0.15, 0.2) is 22.0 Å². The van der Waals surface area contributed by atoms with E-state index in [1.54, 1.807) is 0 Å². The van der Waals surface area contributed by atoms with Crippen LogP contribution in [-0.4, -0.2) is 4.98 Å². The fourth-order valence-corrected chi connectivity index (χ4v) is 2.26. The highest BCUT2D eigenvalue weighted by Crippen LogP contribution is 2.23. The molecule has 0 atom stereocenters. The van der Waals surface area contributed by atoms with E-state index in [0.717, 1.165) is 22.8 Å². The first-order valence-electron chi connectivity index (χ1n) is 4.85. The maximum absolute atomic E-state index is 13.5. The van der Waals surface area contributed by atoms with Crippen molar-refractivity contribution in [1.29, 1.82) is 0 Å². The Hall–Kier alpha value is -1.01. The van der Waals surface area contributed by atoms with Gasteiger partial charge in [0, 0.05) is 11.4 Å². The number of hydrogen-bond acceptors (Lipinski definition) is 3. The third-order valence-electron chi connectivity index (χ3n) is 2.14. The molecule has 1 aromatic heterocycles. The molecule has 0 aliphatic carbocycles. The van der Waals surface area contributed by atoms with Crippen molar-refractivity contribution < 1.29 is 8.78 Å². The number of aryl methyl sites for hydroxylation is 1. The van der Waals surface area contributed by atoms with Crippen molar-refractivity contribution in [3.05, 3.63) is 44.3 Å². The molecule has 2 aromatic rings. The number of aromatic nitrogens is 1. The lowest BCUT2D eigenvalue weighted by Crippen LogP contribution is -2.02. The van der Waals surface area contributed by atoms with Gasteiger partial charge in [-0.3, -0.25) is 0 Å². The molecule has 1 N–H and O–H groups in total. The highest BCUT2D eigenvalue weighted by atomic mass is 79.9. The van der Waals surface area contributed by atoms with E-state index in [2.05, 4.69) is 26.2 Å². The molecule has 0 amide bonds. The smallest absolute Gasteiger partial charge is 0.147 e. The van der Waals surface area contributed by atoms with Crippen LogP contribution in [0.2, 0.25) is 0 Å². The molecule has 0 spiro atoms. The van der Waals surface area contributed by atoms with Gasteiger partial charge in [0.1, 0.15) is 11.6 Å². The summed E-state index contributed by atoms with van der Waals surface area (Å²) in [5.41, 5.74) is 0.951. The Kier molecular flexibility index (Phi) is 3.73. The molecule has 0 radical (unpaired) electrons. The Bertz CT molecular complexity index is 542. The van der Waals surface area contributed by atoms with E-state index in [9.17, 15) is 8.78 Å². The van der Waals surface area contributed by atoms with Gasteiger partial charge >= 0.3 is 0 Å². The van der Waals surface area contributed by atoms with Gasteiger partial charge in [0.2, 0.25) is 0 Å². The lowest BCUT2D eigenvalue weighted by Gasteiger charge is -2.06. The highest BCUT2D eigenvalue weighted by Gasteiger charge is 2.08. The van der Waals surface area contributed by atoms with Crippen molar-refractivity contribution in [2.75, 3.05) is 5.32 Å². The first-order chi connectivity index (χ1) is 8.06.